The Kier molecular flexibility index (Phi) is 7.90. The van der Waals surface area contributed by atoms with Crippen molar-refractivity contribution in [3.05, 3.63) is 205 Å². The lowest BCUT2D eigenvalue weighted by Crippen LogP contribution is -2.10. The van der Waals surface area contributed by atoms with Crippen LogP contribution in [0.3, 0.4) is 0 Å². The molecule has 0 saturated carbocycles. The van der Waals surface area contributed by atoms with Gasteiger partial charge in [-0.15, -0.1) is 0 Å². The number of para-hydroxylation sites is 4. The van der Waals surface area contributed by atoms with E-state index in [0.29, 0.717) is 11.1 Å². The van der Waals surface area contributed by atoms with Crippen LogP contribution in [0.25, 0.3) is 87.4 Å². The third kappa shape index (κ3) is 5.74. The molecule has 13 rings (SSSR count). The van der Waals surface area contributed by atoms with Crippen molar-refractivity contribution in [1.29, 1.82) is 10.5 Å². The summed E-state index contributed by atoms with van der Waals surface area (Å²) in [5.74, 6) is 0. The summed E-state index contributed by atoms with van der Waals surface area (Å²) in [5.41, 5.74) is 11.5. The molecule has 0 amide bonds. The van der Waals surface area contributed by atoms with Crippen LogP contribution in [-0.2, 0) is 0 Å². The first-order valence-corrected chi connectivity index (χ1v) is 21.3. The van der Waals surface area contributed by atoms with E-state index in [1.807, 2.05) is 84.9 Å². The van der Waals surface area contributed by atoms with Gasteiger partial charge in [-0.3, -0.25) is 0 Å². The highest BCUT2D eigenvalue weighted by atomic mass is 16.3. The van der Waals surface area contributed by atoms with Crippen molar-refractivity contribution in [1.82, 2.24) is 0 Å². The third-order valence-corrected chi connectivity index (χ3v) is 12.6. The van der Waals surface area contributed by atoms with Crippen molar-refractivity contribution >= 4 is 121 Å². The molecule has 0 aliphatic rings. The normalized spacial score (nSPS) is 11.7. The quantitative estimate of drug-likeness (QED) is 0.165. The minimum absolute atomic E-state index is 0.591. The summed E-state index contributed by atoms with van der Waals surface area (Å²) in [4.78, 5) is 4.40. The molecular formula is C58H32N4O3. The second kappa shape index (κ2) is 14.1. The molecule has 7 nitrogen and oxygen atoms in total. The SMILES string of the molecule is N#Cc1ccc(N(c2ccc3cc4oc5cc6ccc(N(c7ccc(C#N)cc7)c7cccc8c7oc7ccccc78)cc6cc5c4cc3c2)c2cccc3c2oc2ccccc23)cc1. The number of anilines is 6. The first-order chi connectivity index (χ1) is 32.1. The van der Waals surface area contributed by atoms with Crippen molar-refractivity contribution < 1.29 is 13.3 Å². The van der Waals surface area contributed by atoms with Gasteiger partial charge in [0.05, 0.1) is 34.6 Å². The number of nitrogens with zero attached hydrogens (tertiary/aromatic N) is 4. The van der Waals surface area contributed by atoms with Gasteiger partial charge in [0.25, 0.3) is 0 Å². The number of hydrogen-bond acceptors (Lipinski definition) is 7. The lowest BCUT2D eigenvalue weighted by atomic mass is 10.0. The van der Waals surface area contributed by atoms with E-state index in [4.69, 9.17) is 13.3 Å². The summed E-state index contributed by atoms with van der Waals surface area (Å²) in [5, 5.41) is 29.7. The number of furan rings is 3. The summed E-state index contributed by atoms with van der Waals surface area (Å²) < 4.78 is 19.7. The highest BCUT2D eigenvalue weighted by Gasteiger charge is 2.22. The fourth-order valence-electron chi connectivity index (χ4n) is 9.56. The second-order valence-electron chi connectivity index (χ2n) is 16.4. The number of rotatable bonds is 6. The maximum atomic E-state index is 9.65. The molecular weight excluding hydrogens is 801 g/mol. The summed E-state index contributed by atoms with van der Waals surface area (Å²) >= 11 is 0. The molecule has 0 aliphatic heterocycles. The highest BCUT2D eigenvalue weighted by Crippen LogP contribution is 2.46. The lowest BCUT2D eigenvalue weighted by molar-refractivity contribution is 0.668. The first-order valence-electron chi connectivity index (χ1n) is 21.3. The van der Waals surface area contributed by atoms with Gasteiger partial charge in [0.1, 0.15) is 22.3 Å². The number of benzene rings is 10. The molecule has 0 saturated heterocycles. The topological polar surface area (TPSA) is 93.5 Å². The predicted octanol–water partition coefficient (Wildman–Crippen LogP) is 16.4. The monoisotopic (exact) mass is 832 g/mol. The van der Waals surface area contributed by atoms with Gasteiger partial charge in [-0.25, -0.2) is 0 Å². The Balaban J connectivity index is 0.969. The van der Waals surface area contributed by atoms with Crippen LogP contribution in [0.4, 0.5) is 34.1 Å². The molecule has 302 valence electrons. The standard InChI is InChI=1S/C58H32N4O3/c59-33-35-15-21-41(22-16-35)61(51-11-5-9-47-45-7-1-3-13-53(45)64-57(47)51)43-25-19-37-31-55-49(29-39(37)27-43)50-30-40-28-44(26-20-38(40)32-56(50)63-55)62(42-23-17-36(34-60)18-24-42)52-12-6-10-48-46-8-2-4-14-54(46)65-58(48)52/h1-32H. The van der Waals surface area contributed by atoms with Crippen LogP contribution in [-0.4, -0.2) is 0 Å². The van der Waals surface area contributed by atoms with Crippen LogP contribution in [0, 0.1) is 22.7 Å². The fourth-order valence-corrected chi connectivity index (χ4v) is 9.56. The van der Waals surface area contributed by atoms with Crippen LogP contribution in [0.15, 0.2) is 207 Å². The van der Waals surface area contributed by atoms with E-state index in [1.165, 1.54) is 0 Å². The Bertz CT molecular complexity index is 3900. The van der Waals surface area contributed by atoms with Crippen LogP contribution in [0.2, 0.25) is 0 Å². The van der Waals surface area contributed by atoms with Crippen LogP contribution in [0.5, 0.6) is 0 Å². The average Bonchev–Trinajstić information content (AvgIpc) is 4.05. The maximum Gasteiger partial charge on any atom is 0.159 e. The van der Waals surface area contributed by atoms with E-state index in [-0.39, 0.29) is 0 Å². The first kappa shape index (κ1) is 36.4. The minimum atomic E-state index is 0.591. The zero-order valence-corrected chi connectivity index (χ0v) is 34.5. The van der Waals surface area contributed by atoms with E-state index in [9.17, 15) is 10.5 Å². The Labute approximate surface area is 371 Å². The van der Waals surface area contributed by atoms with Crippen molar-refractivity contribution in [2.45, 2.75) is 0 Å². The molecule has 3 aromatic heterocycles. The Morgan fingerprint density at radius 3 is 1.17 bits per heavy atom. The molecule has 0 aliphatic carbocycles. The van der Waals surface area contributed by atoms with Gasteiger partial charge in [-0.2, -0.15) is 10.5 Å². The van der Waals surface area contributed by atoms with E-state index in [0.717, 1.165) is 121 Å². The van der Waals surface area contributed by atoms with E-state index < -0.39 is 0 Å². The average molecular weight is 833 g/mol. The molecule has 65 heavy (non-hydrogen) atoms. The van der Waals surface area contributed by atoms with E-state index in [1.54, 1.807) is 0 Å². The molecule has 0 N–H and O–H groups in total. The second-order valence-corrected chi connectivity index (χ2v) is 16.4. The largest absolute Gasteiger partial charge is 0.456 e. The third-order valence-electron chi connectivity index (χ3n) is 12.6. The van der Waals surface area contributed by atoms with Gasteiger partial charge in [0, 0.05) is 55.1 Å². The smallest absolute Gasteiger partial charge is 0.159 e. The Hall–Kier alpha value is -9.30. The number of nitriles is 2. The van der Waals surface area contributed by atoms with Gasteiger partial charge in [-0.1, -0.05) is 72.8 Å². The Morgan fingerprint density at radius 1 is 0.308 bits per heavy atom. The molecule has 0 atom stereocenters. The fraction of sp³-hybridized carbons (Fsp3) is 0. The minimum Gasteiger partial charge on any atom is -0.456 e. The number of hydrogen-bond donors (Lipinski definition) is 0. The van der Waals surface area contributed by atoms with Crippen molar-refractivity contribution in [2.24, 2.45) is 0 Å². The van der Waals surface area contributed by atoms with Gasteiger partial charge in [0.15, 0.2) is 11.2 Å². The van der Waals surface area contributed by atoms with E-state index in [2.05, 4.69) is 131 Å². The maximum absolute atomic E-state index is 9.65. The summed E-state index contributed by atoms with van der Waals surface area (Å²) in [6.45, 7) is 0. The van der Waals surface area contributed by atoms with Crippen molar-refractivity contribution in [3.8, 4) is 12.1 Å². The molecule has 10 aromatic carbocycles. The molecule has 0 fully saturated rings. The molecule has 0 bridgehead atoms. The van der Waals surface area contributed by atoms with Gasteiger partial charge < -0.3 is 23.1 Å². The van der Waals surface area contributed by atoms with Crippen LogP contribution < -0.4 is 9.80 Å². The van der Waals surface area contributed by atoms with Crippen molar-refractivity contribution in [3.63, 3.8) is 0 Å². The van der Waals surface area contributed by atoms with Gasteiger partial charge in [0.2, 0.25) is 0 Å². The summed E-state index contributed by atoms with van der Waals surface area (Å²) in [6, 6.07) is 70.2. The van der Waals surface area contributed by atoms with Crippen LogP contribution in [0.1, 0.15) is 11.1 Å². The number of fused-ring (bicyclic) bond motifs is 11. The van der Waals surface area contributed by atoms with E-state index >= 15 is 0 Å². The zero-order valence-electron chi connectivity index (χ0n) is 34.5. The zero-order chi connectivity index (χ0) is 43.2. The molecule has 13 aromatic rings. The van der Waals surface area contributed by atoms with Crippen LogP contribution >= 0.6 is 0 Å². The van der Waals surface area contributed by atoms with Gasteiger partial charge in [-0.05, 0) is 143 Å². The van der Waals surface area contributed by atoms with Gasteiger partial charge >= 0.3 is 0 Å². The molecule has 0 unspecified atom stereocenters. The molecule has 7 heteroatoms. The van der Waals surface area contributed by atoms with Crippen molar-refractivity contribution in [2.75, 3.05) is 9.80 Å². The summed E-state index contributed by atoms with van der Waals surface area (Å²) in [7, 11) is 0. The molecule has 0 radical (unpaired) electrons. The predicted molar refractivity (Wildman–Crippen MR) is 262 cm³/mol. The Morgan fingerprint density at radius 2 is 0.723 bits per heavy atom. The molecule has 3 heterocycles. The highest BCUT2D eigenvalue weighted by molar-refractivity contribution is 6.15. The summed E-state index contributed by atoms with van der Waals surface area (Å²) in [6.07, 6.45) is 0. The lowest BCUT2D eigenvalue weighted by Gasteiger charge is -2.26. The molecule has 0 spiro atoms.